The molecule has 1 aliphatic carbocycles. The first-order valence-electron chi connectivity index (χ1n) is 5.93. The highest BCUT2D eigenvalue weighted by molar-refractivity contribution is 5.30. The standard InChI is InChI=1S/C11H9F8NO/c12-8(13)10(16,17)11(18,19)9(14,15)7-5-3-1-2-4-6(5)20-21-7/h8H,1-4H2. The molecule has 21 heavy (non-hydrogen) atoms. The van der Waals surface area contributed by atoms with E-state index in [1.165, 1.54) is 0 Å². The van der Waals surface area contributed by atoms with Crippen LogP contribution < -0.4 is 0 Å². The largest absolute Gasteiger partial charge is 0.385 e. The monoisotopic (exact) mass is 323 g/mol. The van der Waals surface area contributed by atoms with Gasteiger partial charge in [-0.2, -0.15) is 26.3 Å². The molecule has 0 aromatic carbocycles. The van der Waals surface area contributed by atoms with E-state index in [0.29, 0.717) is 12.8 Å². The highest BCUT2D eigenvalue weighted by Crippen LogP contribution is 2.54. The Kier molecular flexibility index (Phi) is 3.69. The molecule has 1 aromatic heterocycles. The summed E-state index contributed by atoms with van der Waals surface area (Å²) in [6.45, 7) is 0. The number of hydrogen-bond donors (Lipinski definition) is 0. The van der Waals surface area contributed by atoms with Crippen molar-refractivity contribution in [2.24, 2.45) is 0 Å². The van der Waals surface area contributed by atoms with E-state index >= 15 is 0 Å². The smallest absolute Gasteiger partial charge is 0.354 e. The second kappa shape index (κ2) is 4.84. The number of rotatable bonds is 4. The molecule has 120 valence electrons. The molecule has 0 bridgehead atoms. The molecule has 0 atom stereocenters. The van der Waals surface area contributed by atoms with Crippen LogP contribution in [0.25, 0.3) is 0 Å². The maximum atomic E-state index is 13.7. The minimum atomic E-state index is -6.31. The van der Waals surface area contributed by atoms with Crippen molar-refractivity contribution in [3.05, 3.63) is 17.0 Å². The lowest BCUT2D eigenvalue weighted by molar-refractivity contribution is -0.347. The van der Waals surface area contributed by atoms with E-state index in [9.17, 15) is 35.1 Å². The summed E-state index contributed by atoms with van der Waals surface area (Å²) in [5.74, 6) is -19.9. The molecule has 2 nitrogen and oxygen atoms in total. The molecule has 2 rings (SSSR count). The molecule has 0 aliphatic heterocycles. The molecule has 10 heteroatoms. The molecule has 0 amide bonds. The molecule has 0 radical (unpaired) electrons. The van der Waals surface area contributed by atoms with Gasteiger partial charge < -0.3 is 4.52 Å². The number of aryl methyl sites for hydroxylation is 1. The van der Waals surface area contributed by atoms with Crippen LogP contribution in [-0.4, -0.2) is 23.4 Å². The van der Waals surface area contributed by atoms with Gasteiger partial charge in [0.1, 0.15) is 0 Å². The Balaban J connectivity index is 2.48. The van der Waals surface area contributed by atoms with Gasteiger partial charge in [-0.1, -0.05) is 5.16 Å². The fraction of sp³-hybridized carbons (Fsp3) is 0.727. The van der Waals surface area contributed by atoms with Crippen molar-refractivity contribution in [1.29, 1.82) is 0 Å². The molecule has 0 saturated heterocycles. The zero-order valence-electron chi connectivity index (χ0n) is 10.3. The highest BCUT2D eigenvalue weighted by Gasteiger charge is 2.77. The fourth-order valence-electron chi connectivity index (χ4n) is 2.13. The Morgan fingerprint density at radius 1 is 0.952 bits per heavy atom. The van der Waals surface area contributed by atoms with Crippen LogP contribution in [0.1, 0.15) is 29.9 Å². The molecule has 1 heterocycles. The van der Waals surface area contributed by atoms with Gasteiger partial charge in [0.05, 0.1) is 5.69 Å². The lowest BCUT2D eigenvalue weighted by atomic mass is 9.91. The fourth-order valence-corrected chi connectivity index (χ4v) is 2.13. The van der Waals surface area contributed by atoms with Crippen LogP contribution in [-0.2, 0) is 18.8 Å². The second-order valence-electron chi connectivity index (χ2n) is 4.72. The Morgan fingerprint density at radius 2 is 1.52 bits per heavy atom. The summed E-state index contributed by atoms with van der Waals surface area (Å²) in [5, 5.41) is 3.14. The SMILES string of the molecule is FC(F)C(F)(F)C(F)(F)C(F)(F)c1onc2c1CCCC2. The average molecular weight is 323 g/mol. The van der Waals surface area contributed by atoms with Gasteiger partial charge >= 0.3 is 24.2 Å². The predicted octanol–water partition coefficient (Wildman–Crippen LogP) is 4.18. The van der Waals surface area contributed by atoms with Gasteiger partial charge in [0.15, 0.2) is 0 Å². The summed E-state index contributed by atoms with van der Waals surface area (Å²) < 4.78 is 108. The number of alkyl halides is 8. The molecule has 0 fully saturated rings. The maximum Gasteiger partial charge on any atom is 0.385 e. The van der Waals surface area contributed by atoms with Crippen LogP contribution in [0.5, 0.6) is 0 Å². The molecule has 0 N–H and O–H groups in total. The number of aromatic nitrogens is 1. The second-order valence-corrected chi connectivity index (χ2v) is 4.72. The Bertz CT molecular complexity index is 524. The van der Waals surface area contributed by atoms with Gasteiger partial charge in [0.2, 0.25) is 5.76 Å². The lowest BCUT2D eigenvalue weighted by Gasteiger charge is -2.31. The predicted molar refractivity (Wildman–Crippen MR) is 52.9 cm³/mol. The van der Waals surface area contributed by atoms with E-state index in [4.69, 9.17) is 0 Å². The van der Waals surface area contributed by atoms with Gasteiger partial charge in [-0.3, -0.25) is 0 Å². The van der Waals surface area contributed by atoms with Crippen molar-refractivity contribution in [1.82, 2.24) is 5.16 Å². The Hall–Kier alpha value is -1.35. The van der Waals surface area contributed by atoms with Crippen LogP contribution >= 0.6 is 0 Å². The van der Waals surface area contributed by atoms with Crippen molar-refractivity contribution < 1.29 is 39.6 Å². The summed E-state index contributed by atoms with van der Waals surface area (Å²) in [6.07, 6.45) is -3.98. The third kappa shape index (κ3) is 2.18. The summed E-state index contributed by atoms with van der Waals surface area (Å²) >= 11 is 0. The minimum absolute atomic E-state index is 0.0351. The van der Waals surface area contributed by atoms with Crippen molar-refractivity contribution >= 4 is 0 Å². The van der Waals surface area contributed by atoms with E-state index < -0.39 is 35.5 Å². The van der Waals surface area contributed by atoms with Crippen molar-refractivity contribution in [2.75, 3.05) is 0 Å². The zero-order chi connectivity index (χ0) is 16.1. The average Bonchev–Trinajstić information content (AvgIpc) is 2.82. The summed E-state index contributed by atoms with van der Waals surface area (Å²) in [4.78, 5) is 0. The van der Waals surface area contributed by atoms with Crippen molar-refractivity contribution in [3.63, 3.8) is 0 Å². The topological polar surface area (TPSA) is 26.0 Å². The van der Waals surface area contributed by atoms with E-state index in [0.717, 1.165) is 0 Å². The Labute approximate surface area is 113 Å². The molecule has 0 unspecified atom stereocenters. The van der Waals surface area contributed by atoms with Crippen LogP contribution in [0.15, 0.2) is 4.52 Å². The zero-order valence-corrected chi connectivity index (χ0v) is 10.3. The van der Waals surface area contributed by atoms with Gasteiger partial charge in [-0.15, -0.1) is 0 Å². The first kappa shape index (κ1) is 16.0. The van der Waals surface area contributed by atoms with E-state index in [1.807, 2.05) is 0 Å². The summed E-state index contributed by atoms with van der Waals surface area (Å²) in [5.41, 5.74) is -0.442. The number of nitrogens with zero attached hydrogens (tertiary/aromatic N) is 1. The van der Waals surface area contributed by atoms with Crippen LogP contribution in [0, 0.1) is 0 Å². The van der Waals surface area contributed by atoms with Crippen LogP contribution in [0.4, 0.5) is 35.1 Å². The molecular weight excluding hydrogens is 314 g/mol. The van der Waals surface area contributed by atoms with Gasteiger partial charge in [-0.05, 0) is 25.7 Å². The minimum Gasteiger partial charge on any atom is -0.354 e. The number of fused-ring (bicyclic) bond motifs is 1. The first-order valence-corrected chi connectivity index (χ1v) is 5.93. The van der Waals surface area contributed by atoms with Crippen LogP contribution in [0.2, 0.25) is 0 Å². The third-order valence-electron chi connectivity index (χ3n) is 3.33. The van der Waals surface area contributed by atoms with Gasteiger partial charge in [-0.25, -0.2) is 8.78 Å². The number of halogens is 8. The maximum absolute atomic E-state index is 13.7. The van der Waals surface area contributed by atoms with E-state index in [2.05, 4.69) is 9.68 Å². The molecular formula is C11H9F8NO. The Morgan fingerprint density at radius 3 is 2.10 bits per heavy atom. The van der Waals surface area contributed by atoms with Crippen molar-refractivity contribution in [3.8, 4) is 0 Å². The molecule has 1 aromatic rings. The summed E-state index contributed by atoms with van der Waals surface area (Å²) in [7, 11) is 0. The van der Waals surface area contributed by atoms with E-state index in [-0.39, 0.29) is 18.5 Å². The van der Waals surface area contributed by atoms with Gasteiger partial charge in [0.25, 0.3) is 0 Å². The molecule has 0 saturated carbocycles. The highest BCUT2D eigenvalue weighted by atomic mass is 19.4. The van der Waals surface area contributed by atoms with Gasteiger partial charge in [0, 0.05) is 5.56 Å². The quantitative estimate of drug-likeness (QED) is 0.777. The molecule has 1 aliphatic rings. The summed E-state index contributed by atoms with van der Waals surface area (Å²) in [6, 6.07) is 0. The third-order valence-corrected chi connectivity index (χ3v) is 3.33. The molecule has 0 spiro atoms. The number of hydrogen-bond acceptors (Lipinski definition) is 2. The normalized spacial score (nSPS) is 17.2. The first-order chi connectivity index (χ1) is 9.53. The van der Waals surface area contributed by atoms with Crippen LogP contribution in [0.3, 0.4) is 0 Å². The van der Waals surface area contributed by atoms with E-state index in [1.54, 1.807) is 0 Å². The van der Waals surface area contributed by atoms with Crippen molar-refractivity contribution in [2.45, 2.75) is 49.9 Å². The lowest BCUT2D eigenvalue weighted by Crippen LogP contribution is -2.56.